The van der Waals surface area contributed by atoms with Crippen molar-refractivity contribution in [2.75, 3.05) is 13.2 Å². The van der Waals surface area contributed by atoms with Gasteiger partial charge in [0.1, 0.15) is 0 Å². The second kappa shape index (κ2) is 68.4. The fourth-order valence-corrected chi connectivity index (χ4v) is 11.9. The van der Waals surface area contributed by atoms with Crippen molar-refractivity contribution in [3.63, 3.8) is 0 Å². The van der Waals surface area contributed by atoms with Crippen LogP contribution in [0.15, 0.2) is 0 Å². The van der Waals surface area contributed by atoms with E-state index in [9.17, 15) is 19.8 Å². The molecule has 2 unspecified atom stereocenters. The number of rotatable bonds is 69. The van der Waals surface area contributed by atoms with E-state index in [1.807, 2.05) is 0 Å². The van der Waals surface area contributed by atoms with Gasteiger partial charge >= 0.3 is 5.97 Å². The Morgan fingerprint density at radius 1 is 0.308 bits per heavy atom. The van der Waals surface area contributed by atoms with Crippen LogP contribution in [0.3, 0.4) is 0 Å². The molecule has 0 aromatic rings. The van der Waals surface area contributed by atoms with Crippen LogP contribution >= 0.6 is 0 Å². The number of ether oxygens (including phenoxy) is 1. The number of esters is 1. The van der Waals surface area contributed by atoms with E-state index in [0.29, 0.717) is 25.9 Å². The summed E-state index contributed by atoms with van der Waals surface area (Å²) < 4.78 is 5.51. The van der Waals surface area contributed by atoms with E-state index in [0.717, 1.165) is 38.5 Å². The third-order valence-corrected chi connectivity index (χ3v) is 17.4. The Bertz CT molecular complexity index is 1130. The van der Waals surface area contributed by atoms with Crippen LogP contribution in [0.1, 0.15) is 425 Å². The zero-order valence-electron chi connectivity index (χ0n) is 53.4. The van der Waals surface area contributed by atoms with Crippen molar-refractivity contribution in [1.82, 2.24) is 5.32 Å². The number of hydrogen-bond acceptors (Lipinski definition) is 5. The molecule has 6 nitrogen and oxygen atoms in total. The highest BCUT2D eigenvalue weighted by atomic mass is 16.5. The molecule has 0 aliphatic carbocycles. The summed E-state index contributed by atoms with van der Waals surface area (Å²) in [6.07, 6.45) is 82.9. The quantitative estimate of drug-likeness (QED) is 0.0417. The van der Waals surface area contributed by atoms with Gasteiger partial charge in [0.15, 0.2) is 0 Å². The van der Waals surface area contributed by atoms with Gasteiger partial charge in [-0.2, -0.15) is 0 Å². The summed E-state index contributed by atoms with van der Waals surface area (Å²) >= 11 is 0. The maximum Gasteiger partial charge on any atom is 0.305 e. The highest BCUT2D eigenvalue weighted by Crippen LogP contribution is 2.20. The molecule has 0 aromatic heterocycles. The lowest BCUT2D eigenvalue weighted by Gasteiger charge is -2.22. The number of amides is 1. The molecule has 0 saturated heterocycles. The predicted molar refractivity (Wildman–Crippen MR) is 343 cm³/mol. The molecule has 78 heavy (non-hydrogen) atoms. The summed E-state index contributed by atoms with van der Waals surface area (Å²) in [7, 11) is 0. The second-order valence-corrected chi connectivity index (χ2v) is 25.3. The SMILES string of the molecule is CCCCCCCCCCCCCCCCCCCCCCCCCCCC(O)C(CO)NC(=O)CCCCCCCCCCCCCCCCCCCCCOC(=O)CCCCCCCCCCCCCCCCCCC. The Hall–Kier alpha value is -1.14. The predicted octanol–water partition coefficient (Wildman–Crippen LogP) is 23.4. The number of nitrogens with one attached hydrogen (secondary N) is 1. The highest BCUT2D eigenvalue weighted by Gasteiger charge is 2.20. The van der Waals surface area contributed by atoms with Gasteiger partial charge in [0.05, 0.1) is 25.4 Å². The van der Waals surface area contributed by atoms with Gasteiger partial charge in [-0.1, -0.05) is 386 Å². The van der Waals surface area contributed by atoms with Crippen LogP contribution in [-0.4, -0.2) is 47.4 Å². The molecule has 0 aliphatic rings. The van der Waals surface area contributed by atoms with Gasteiger partial charge in [0.25, 0.3) is 0 Å². The first-order chi connectivity index (χ1) is 38.5. The van der Waals surface area contributed by atoms with Crippen molar-refractivity contribution in [1.29, 1.82) is 0 Å². The molecule has 0 aromatic carbocycles. The number of unbranched alkanes of at least 4 members (excludes halogenated alkanes) is 58. The van der Waals surface area contributed by atoms with Gasteiger partial charge in [0.2, 0.25) is 5.91 Å². The Balaban J connectivity index is 3.37. The minimum atomic E-state index is -0.667. The zero-order chi connectivity index (χ0) is 56.4. The normalized spacial score (nSPS) is 12.4. The van der Waals surface area contributed by atoms with Crippen LogP contribution in [0.5, 0.6) is 0 Å². The summed E-state index contributed by atoms with van der Waals surface area (Å²) in [6.45, 7) is 5.00. The van der Waals surface area contributed by atoms with Crippen LogP contribution in [-0.2, 0) is 14.3 Å². The first-order valence-corrected chi connectivity index (χ1v) is 36.3. The average molecular weight is 1100 g/mol. The molecule has 0 radical (unpaired) electrons. The standard InChI is InChI=1S/C72H143NO5/c1-3-5-7-9-11-13-15-17-19-21-22-23-24-25-26-27-29-33-36-40-44-48-52-56-60-64-70(75)69(68-74)73-71(76)65-61-57-53-49-45-41-37-34-30-28-31-35-39-43-47-51-55-59-63-67-78-72(77)66-62-58-54-50-46-42-38-32-20-18-16-14-12-10-8-6-4-2/h69-70,74-75H,3-68H2,1-2H3,(H,73,76). The van der Waals surface area contributed by atoms with E-state index in [-0.39, 0.29) is 18.5 Å². The number of hydrogen-bond donors (Lipinski definition) is 3. The van der Waals surface area contributed by atoms with Crippen LogP contribution < -0.4 is 5.32 Å². The average Bonchev–Trinajstić information content (AvgIpc) is 3.44. The molecule has 0 saturated carbocycles. The summed E-state index contributed by atoms with van der Waals surface area (Å²) in [6, 6.07) is -0.544. The third kappa shape index (κ3) is 64.0. The van der Waals surface area contributed by atoms with Gasteiger partial charge in [-0.25, -0.2) is 0 Å². The molecule has 0 aliphatic heterocycles. The van der Waals surface area contributed by atoms with E-state index in [1.54, 1.807) is 0 Å². The van der Waals surface area contributed by atoms with Crippen molar-refractivity contribution < 1.29 is 24.5 Å². The Labute approximate surface area is 489 Å². The number of carbonyl (C=O) groups excluding carboxylic acids is 2. The molecule has 0 fully saturated rings. The lowest BCUT2D eigenvalue weighted by Crippen LogP contribution is -2.45. The van der Waals surface area contributed by atoms with Crippen LogP contribution in [0.25, 0.3) is 0 Å². The molecule has 6 heteroatoms. The first-order valence-electron chi connectivity index (χ1n) is 36.3. The van der Waals surface area contributed by atoms with E-state index >= 15 is 0 Å². The molecule has 0 heterocycles. The van der Waals surface area contributed by atoms with Crippen molar-refractivity contribution in [2.24, 2.45) is 0 Å². The van der Waals surface area contributed by atoms with Crippen molar-refractivity contribution in [2.45, 2.75) is 437 Å². The van der Waals surface area contributed by atoms with Crippen LogP contribution in [0.4, 0.5) is 0 Å². The Morgan fingerprint density at radius 3 is 0.782 bits per heavy atom. The van der Waals surface area contributed by atoms with Crippen LogP contribution in [0, 0.1) is 0 Å². The number of carbonyl (C=O) groups is 2. The Morgan fingerprint density at radius 2 is 0.526 bits per heavy atom. The minimum absolute atomic E-state index is 0.0149. The van der Waals surface area contributed by atoms with Gasteiger partial charge in [0, 0.05) is 12.8 Å². The molecule has 0 bridgehead atoms. The monoisotopic (exact) mass is 1100 g/mol. The lowest BCUT2D eigenvalue weighted by atomic mass is 10.0. The second-order valence-electron chi connectivity index (χ2n) is 25.3. The molecule has 3 N–H and O–H groups in total. The molecule has 0 rings (SSSR count). The van der Waals surface area contributed by atoms with Gasteiger partial charge in [-0.15, -0.1) is 0 Å². The van der Waals surface area contributed by atoms with Gasteiger partial charge in [-0.05, 0) is 25.7 Å². The highest BCUT2D eigenvalue weighted by molar-refractivity contribution is 5.76. The van der Waals surface area contributed by atoms with Crippen molar-refractivity contribution >= 4 is 11.9 Å². The fourth-order valence-electron chi connectivity index (χ4n) is 11.9. The summed E-state index contributed by atoms with van der Waals surface area (Å²) in [5.74, 6) is -0.0166. The molecule has 2 atom stereocenters. The minimum Gasteiger partial charge on any atom is -0.466 e. The van der Waals surface area contributed by atoms with E-state index < -0.39 is 12.1 Å². The van der Waals surface area contributed by atoms with Gasteiger partial charge in [-0.3, -0.25) is 9.59 Å². The maximum absolute atomic E-state index is 12.6. The van der Waals surface area contributed by atoms with E-state index in [4.69, 9.17) is 4.74 Å². The summed E-state index contributed by atoms with van der Waals surface area (Å²) in [5, 5.41) is 23.5. The smallest absolute Gasteiger partial charge is 0.305 e. The molecular weight excluding hydrogens is 959 g/mol. The van der Waals surface area contributed by atoms with Gasteiger partial charge < -0.3 is 20.3 Å². The molecular formula is C72H143NO5. The maximum atomic E-state index is 12.6. The largest absolute Gasteiger partial charge is 0.466 e. The molecule has 1 amide bonds. The fraction of sp³-hybridized carbons (Fsp3) is 0.972. The zero-order valence-corrected chi connectivity index (χ0v) is 53.4. The summed E-state index contributed by atoms with van der Waals surface area (Å²) in [4.78, 5) is 24.7. The molecule has 0 spiro atoms. The van der Waals surface area contributed by atoms with Crippen molar-refractivity contribution in [3.8, 4) is 0 Å². The van der Waals surface area contributed by atoms with Crippen LogP contribution in [0.2, 0.25) is 0 Å². The number of aliphatic hydroxyl groups excluding tert-OH is 2. The molecule has 466 valence electrons. The summed E-state index contributed by atoms with van der Waals surface area (Å²) in [5.41, 5.74) is 0. The van der Waals surface area contributed by atoms with E-state index in [2.05, 4.69) is 19.2 Å². The topological polar surface area (TPSA) is 95.9 Å². The van der Waals surface area contributed by atoms with Crippen molar-refractivity contribution in [3.05, 3.63) is 0 Å². The lowest BCUT2D eigenvalue weighted by molar-refractivity contribution is -0.143. The Kier molecular flexibility index (Phi) is 67.4. The first kappa shape index (κ1) is 76.9. The van der Waals surface area contributed by atoms with E-state index in [1.165, 1.54) is 353 Å². The third-order valence-electron chi connectivity index (χ3n) is 17.4. The number of aliphatic hydroxyl groups is 2.